The van der Waals surface area contributed by atoms with Crippen LogP contribution in [0.1, 0.15) is 23.0 Å². The van der Waals surface area contributed by atoms with Crippen LogP contribution in [0.5, 0.6) is 0 Å². The van der Waals surface area contributed by atoms with Gasteiger partial charge in [-0.1, -0.05) is 85.7 Å². The minimum absolute atomic E-state index is 0.175. The van der Waals surface area contributed by atoms with Crippen LogP contribution in [-0.4, -0.2) is 65.8 Å². The third-order valence-corrected chi connectivity index (χ3v) is 9.54. The summed E-state index contributed by atoms with van der Waals surface area (Å²) >= 11 is 28.2. The molecule has 1 N–H and O–H groups in total. The molecule has 3 heterocycles. The lowest BCUT2D eigenvalue weighted by atomic mass is 9.95. The molecule has 0 saturated carbocycles. The van der Waals surface area contributed by atoms with Crippen LogP contribution in [0.2, 0.25) is 5.02 Å². The van der Waals surface area contributed by atoms with E-state index in [0.717, 1.165) is 0 Å². The van der Waals surface area contributed by atoms with Gasteiger partial charge in [0.05, 0.1) is 9.77 Å². The molecule has 0 spiro atoms. The normalized spacial score (nSPS) is 25.7. The van der Waals surface area contributed by atoms with Crippen molar-refractivity contribution in [3.8, 4) is 11.3 Å². The van der Waals surface area contributed by atoms with E-state index < -0.39 is 50.4 Å². The predicted molar refractivity (Wildman–Crippen MR) is 138 cm³/mol. The maximum Gasteiger partial charge on any atom is 0.330 e. The molecule has 0 aliphatic carbocycles. The number of hydrogen-bond donors (Lipinski definition) is 1. The monoisotopic (exact) mass is 643 g/mol. The molecule has 1 aromatic carbocycles. The van der Waals surface area contributed by atoms with Crippen LogP contribution in [-0.2, 0) is 14.3 Å². The number of nitrogens with one attached hydrogen (secondary N) is 1. The number of aryl methyl sites for hydroxylation is 1. The maximum absolute atomic E-state index is 13.2. The Kier molecular flexibility index (Phi) is 7.64. The Morgan fingerprint density at radius 3 is 2.66 bits per heavy atom. The lowest BCUT2D eigenvalue weighted by Crippen LogP contribution is -2.71. The molecule has 2 amide bonds. The Balaban J connectivity index is 1.54. The standard InChI is InChI=1S/C21H18BrCl4N3O5S/c1-9-12(13(28-34-9)10-5-3-4-6-11(10)23)16(30)27-14-17(31)29-15(19(32)33-8-21(24,25)26)20(2,7-22)35-18(14)29/h3-6,14-15,18H,7-8H2,1-2H3,(H,27,30)/t14?,15?,18-,20?/m0/s1. The molecular formula is C21H18BrCl4N3O5S. The fourth-order valence-electron chi connectivity index (χ4n) is 4.04. The van der Waals surface area contributed by atoms with Gasteiger partial charge in [-0.15, -0.1) is 11.8 Å². The summed E-state index contributed by atoms with van der Waals surface area (Å²) in [5.74, 6) is -1.38. The summed E-state index contributed by atoms with van der Waals surface area (Å²) in [5.41, 5.74) is 0.970. The molecule has 1 aromatic heterocycles. The SMILES string of the molecule is Cc1onc(-c2ccccc2Cl)c1C(=O)NC1C(=O)N2C(C(=O)OCC(Cl)(Cl)Cl)C(C)(CBr)S[C@@H]12. The van der Waals surface area contributed by atoms with E-state index in [9.17, 15) is 14.4 Å². The minimum atomic E-state index is -1.78. The van der Waals surface area contributed by atoms with Crippen molar-refractivity contribution >= 4 is 91.9 Å². The number of carbonyl (C=O) groups is 3. The number of halogens is 5. The number of fused-ring (bicyclic) bond motifs is 1. The highest BCUT2D eigenvalue weighted by molar-refractivity contribution is 9.09. The number of nitrogens with zero attached hydrogens (tertiary/aromatic N) is 2. The first-order valence-electron chi connectivity index (χ1n) is 10.2. The van der Waals surface area contributed by atoms with Crippen LogP contribution in [0.4, 0.5) is 0 Å². The van der Waals surface area contributed by atoms with E-state index in [0.29, 0.717) is 15.9 Å². The predicted octanol–water partition coefficient (Wildman–Crippen LogP) is 4.75. The number of alkyl halides is 4. The van der Waals surface area contributed by atoms with Gasteiger partial charge in [-0.3, -0.25) is 9.59 Å². The highest BCUT2D eigenvalue weighted by Gasteiger charge is 2.65. The maximum atomic E-state index is 13.2. The first-order valence-corrected chi connectivity index (χ1v) is 13.7. The Morgan fingerprint density at radius 1 is 1.34 bits per heavy atom. The van der Waals surface area contributed by atoms with Crippen LogP contribution < -0.4 is 5.32 Å². The average molecular weight is 646 g/mol. The number of rotatable bonds is 6. The van der Waals surface area contributed by atoms with Gasteiger partial charge in [-0.05, 0) is 19.9 Å². The van der Waals surface area contributed by atoms with Crippen molar-refractivity contribution < 1.29 is 23.6 Å². The zero-order valence-electron chi connectivity index (χ0n) is 18.2. The molecule has 3 unspecified atom stereocenters. The lowest BCUT2D eigenvalue weighted by Gasteiger charge is -2.44. The summed E-state index contributed by atoms with van der Waals surface area (Å²) in [5, 5.41) is 7.04. The van der Waals surface area contributed by atoms with Crippen molar-refractivity contribution in [2.45, 2.75) is 39.8 Å². The highest BCUT2D eigenvalue weighted by atomic mass is 79.9. The van der Waals surface area contributed by atoms with Gasteiger partial charge in [0.1, 0.15) is 41.1 Å². The fourth-order valence-corrected chi connectivity index (χ4v) is 6.75. The average Bonchev–Trinajstić information content (AvgIpc) is 3.31. The van der Waals surface area contributed by atoms with Crippen LogP contribution in [0.15, 0.2) is 28.8 Å². The van der Waals surface area contributed by atoms with Crippen molar-refractivity contribution in [2.75, 3.05) is 11.9 Å². The number of aromatic nitrogens is 1. The second-order valence-corrected chi connectivity index (χ2v) is 13.4. The summed E-state index contributed by atoms with van der Waals surface area (Å²) in [6.07, 6.45) is 0. The summed E-state index contributed by atoms with van der Waals surface area (Å²) in [6, 6.07) is 5.11. The van der Waals surface area contributed by atoms with E-state index in [1.807, 2.05) is 6.92 Å². The van der Waals surface area contributed by atoms with Crippen molar-refractivity contribution in [3.05, 3.63) is 40.6 Å². The molecule has 2 aliphatic rings. The van der Waals surface area contributed by atoms with Gasteiger partial charge in [0.25, 0.3) is 5.91 Å². The van der Waals surface area contributed by atoms with Gasteiger partial charge in [-0.2, -0.15) is 0 Å². The molecule has 35 heavy (non-hydrogen) atoms. The van der Waals surface area contributed by atoms with E-state index in [2.05, 4.69) is 26.4 Å². The molecule has 8 nitrogen and oxygen atoms in total. The Labute approximate surface area is 233 Å². The third kappa shape index (κ3) is 5.02. The van der Waals surface area contributed by atoms with Crippen LogP contribution in [0.3, 0.4) is 0 Å². The van der Waals surface area contributed by atoms with Gasteiger partial charge in [-0.25, -0.2) is 4.79 Å². The van der Waals surface area contributed by atoms with Crippen LogP contribution >= 0.6 is 74.1 Å². The minimum Gasteiger partial charge on any atom is -0.460 e. The number of ether oxygens (including phenoxy) is 1. The molecule has 0 bridgehead atoms. The summed E-state index contributed by atoms with van der Waals surface area (Å²) < 4.78 is 7.91. The van der Waals surface area contributed by atoms with Crippen molar-refractivity contribution in [1.29, 1.82) is 0 Å². The number of thioether (sulfide) groups is 1. The van der Waals surface area contributed by atoms with E-state index in [4.69, 9.17) is 55.7 Å². The van der Waals surface area contributed by atoms with Gasteiger partial charge in [0.2, 0.25) is 9.70 Å². The zero-order chi connectivity index (χ0) is 25.7. The Hall–Kier alpha value is -1.17. The number of esters is 1. The second-order valence-electron chi connectivity index (χ2n) is 8.22. The summed E-state index contributed by atoms with van der Waals surface area (Å²) in [7, 11) is 0. The molecule has 188 valence electrons. The first kappa shape index (κ1) is 26.9. The van der Waals surface area contributed by atoms with Crippen molar-refractivity contribution in [3.63, 3.8) is 0 Å². The van der Waals surface area contributed by atoms with Gasteiger partial charge in [0, 0.05) is 10.9 Å². The number of carbonyl (C=O) groups excluding carboxylic acids is 3. The molecule has 4 atom stereocenters. The highest BCUT2D eigenvalue weighted by Crippen LogP contribution is 2.52. The van der Waals surface area contributed by atoms with Gasteiger partial charge < -0.3 is 19.5 Å². The summed E-state index contributed by atoms with van der Waals surface area (Å²) in [6.45, 7) is 2.96. The van der Waals surface area contributed by atoms with Crippen LogP contribution in [0, 0.1) is 6.92 Å². The molecule has 0 radical (unpaired) electrons. The fraction of sp³-hybridized carbons (Fsp3) is 0.429. The van der Waals surface area contributed by atoms with E-state index >= 15 is 0 Å². The van der Waals surface area contributed by atoms with Crippen molar-refractivity contribution in [2.24, 2.45) is 0 Å². The first-order chi connectivity index (χ1) is 16.4. The Morgan fingerprint density at radius 2 is 2.03 bits per heavy atom. The van der Waals surface area contributed by atoms with Crippen LogP contribution in [0.25, 0.3) is 11.3 Å². The smallest absolute Gasteiger partial charge is 0.330 e. The van der Waals surface area contributed by atoms with E-state index in [1.165, 1.54) is 16.7 Å². The quantitative estimate of drug-likeness (QED) is 0.275. The molecule has 2 aliphatic heterocycles. The topological polar surface area (TPSA) is 102 Å². The molecule has 2 saturated heterocycles. The number of amides is 2. The number of hydrogen-bond acceptors (Lipinski definition) is 7. The molecule has 4 rings (SSSR count). The number of β-lactam (4-membered cyclic amide) rings is 1. The molecular weight excluding hydrogens is 628 g/mol. The number of benzene rings is 1. The van der Waals surface area contributed by atoms with Gasteiger partial charge in [0.15, 0.2) is 0 Å². The molecule has 14 heteroatoms. The Bertz CT molecular complexity index is 1190. The molecule has 2 fully saturated rings. The second kappa shape index (κ2) is 9.95. The zero-order valence-corrected chi connectivity index (χ0v) is 23.6. The summed E-state index contributed by atoms with van der Waals surface area (Å²) in [4.78, 5) is 40.6. The van der Waals surface area contributed by atoms with E-state index in [1.54, 1.807) is 31.2 Å². The third-order valence-electron chi connectivity index (χ3n) is 5.70. The van der Waals surface area contributed by atoms with Crippen molar-refractivity contribution in [1.82, 2.24) is 15.4 Å². The largest absolute Gasteiger partial charge is 0.460 e. The van der Waals surface area contributed by atoms with E-state index in [-0.39, 0.29) is 17.0 Å². The van der Waals surface area contributed by atoms with Gasteiger partial charge >= 0.3 is 5.97 Å². The lowest BCUT2D eigenvalue weighted by molar-refractivity contribution is -0.163. The molecule has 2 aromatic rings.